The maximum Gasteiger partial charge on any atom is 0.266 e. The van der Waals surface area contributed by atoms with Gasteiger partial charge in [0.15, 0.2) is 23.4 Å². The normalized spacial score (nSPS) is 14.1. The molecule has 2 aromatic carbocycles. The van der Waals surface area contributed by atoms with Crippen molar-refractivity contribution in [1.29, 1.82) is 0 Å². The van der Waals surface area contributed by atoms with Crippen LogP contribution < -0.4 is 10.1 Å². The number of fused-ring (bicyclic) bond motifs is 1. The first-order valence-corrected chi connectivity index (χ1v) is 9.82. The quantitative estimate of drug-likeness (QED) is 0.663. The van der Waals surface area contributed by atoms with Gasteiger partial charge in [0.2, 0.25) is 5.82 Å². The summed E-state index contributed by atoms with van der Waals surface area (Å²) in [5.41, 5.74) is 3.95. The smallest absolute Gasteiger partial charge is 0.266 e. The lowest BCUT2D eigenvalue weighted by Crippen LogP contribution is -2.32. The van der Waals surface area contributed by atoms with Crippen molar-refractivity contribution in [3.05, 3.63) is 59.4 Å². The van der Waals surface area contributed by atoms with E-state index in [4.69, 9.17) is 9.37 Å². The highest BCUT2D eigenvalue weighted by atomic mass is 19.1. The molecule has 150 valence electrons. The zero-order valence-electron chi connectivity index (χ0n) is 16.2. The summed E-state index contributed by atoms with van der Waals surface area (Å²) in [4.78, 5) is 12.7. The van der Waals surface area contributed by atoms with Crippen molar-refractivity contribution < 1.29 is 18.6 Å². The molecule has 1 amide bonds. The average molecular weight is 395 g/mol. The van der Waals surface area contributed by atoms with Crippen molar-refractivity contribution in [3.63, 3.8) is 0 Å². The lowest BCUT2D eigenvalue weighted by atomic mass is 9.90. The number of hydrogen-bond acceptors (Lipinski definition) is 5. The Kier molecular flexibility index (Phi) is 5.55. The first kappa shape index (κ1) is 19.1. The molecule has 0 radical (unpaired) electrons. The number of carbonyl (C=O) groups is 1. The summed E-state index contributed by atoms with van der Waals surface area (Å²) in [6.07, 6.45) is 3.98. The van der Waals surface area contributed by atoms with Gasteiger partial charge in [0.05, 0.1) is 0 Å². The third-order valence-corrected chi connectivity index (χ3v) is 5.12. The monoisotopic (exact) mass is 395 g/mol. The molecule has 1 heterocycles. The fraction of sp³-hybridized carbons (Fsp3) is 0.318. The number of carbonyl (C=O) groups excluding carboxylic acids is 1. The molecule has 4 rings (SSSR count). The fourth-order valence-corrected chi connectivity index (χ4v) is 3.55. The Morgan fingerprint density at radius 3 is 2.76 bits per heavy atom. The molecule has 1 atom stereocenters. The largest absolute Gasteiger partial charge is 0.478 e. The van der Waals surface area contributed by atoms with E-state index in [1.165, 1.54) is 36.1 Å². The van der Waals surface area contributed by atoms with Crippen LogP contribution in [0.3, 0.4) is 0 Å². The predicted octanol–water partition coefficient (Wildman–Crippen LogP) is 4.55. The summed E-state index contributed by atoms with van der Waals surface area (Å²) in [5.74, 6) is -0.703. The SMILES string of the molecule is CC[C@H](Oc1ccccc1F)C(=O)Nc1nonc1-c1ccc2c(c1)CCCC2. The Morgan fingerprint density at radius 1 is 1.17 bits per heavy atom. The van der Waals surface area contributed by atoms with E-state index in [-0.39, 0.29) is 11.6 Å². The molecule has 7 heteroatoms. The minimum absolute atomic E-state index is 0.0303. The Hall–Kier alpha value is -3.22. The van der Waals surface area contributed by atoms with E-state index in [1.54, 1.807) is 19.1 Å². The summed E-state index contributed by atoms with van der Waals surface area (Å²) >= 11 is 0. The summed E-state index contributed by atoms with van der Waals surface area (Å²) in [7, 11) is 0. The van der Waals surface area contributed by atoms with Crippen LogP contribution in [0.4, 0.5) is 10.2 Å². The molecule has 0 bridgehead atoms. The van der Waals surface area contributed by atoms with Gasteiger partial charge in [0, 0.05) is 5.56 Å². The summed E-state index contributed by atoms with van der Waals surface area (Å²) in [6.45, 7) is 1.79. The van der Waals surface area contributed by atoms with Gasteiger partial charge in [-0.25, -0.2) is 9.02 Å². The number of rotatable bonds is 6. The minimum atomic E-state index is -0.875. The molecule has 0 saturated heterocycles. The number of para-hydroxylation sites is 1. The molecule has 1 aliphatic rings. The second-order valence-electron chi connectivity index (χ2n) is 7.09. The van der Waals surface area contributed by atoms with Crippen LogP contribution in [0.1, 0.15) is 37.3 Å². The summed E-state index contributed by atoms with van der Waals surface area (Å²) < 4.78 is 24.3. The van der Waals surface area contributed by atoms with Crippen LogP contribution in [0.5, 0.6) is 5.75 Å². The van der Waals surface area contributed by atoms with E-state index in [1.807, 2.05) is 6.07 Å². The van der Waals surface area contributed by atoms with Crippen LogP contribution in [-0.2, 0) is 17.6 Å². The van der Waals surface area contributed by atoms with Gasteiger partial charge < -0.3 is 10.1 Å². The van der Waals surface area contributed by atoms with Gasteiger partial charge in [0.1, 0.15) is 0 Å². The standard InChI is InChI=1S/C22H22FN3O3/c1-2-18(28-19-10-6-5-9-17(19)23)22(27)24-21-20(25-29-26-21)16-12-11-14-7-3-4-8-15(14)13-16/h5-6,9-13,18H,2-4,7-8H2,1H3,(H,24,26,27)/t18-/m0/s1. The summed E-state index contributed by atoms with van der Waals surface area (Å²) in [5, 5.41) is 10.5. The molecule has 6 nitrogen and oxygen atoms in total. The van der Waals surface area contributed by atoms with Crippen LogP contribution in [0.15, 0.2) is 47.1 Å². The third kappa shape index (κ3) is 4.13. The van der Waals surface area contributed by atoms with E-state index < -0.39 is 17.8 Å². The number of halogens is 1. The van der Waals surface area contributed by atoms with Crippen molar-refractivity contribution in [1.82, 2.24) is 10.3 Å². The Bertz CT molecular complexity index is 1020. The van der Waals surface area contributed by atoms with Crippen LogP contribution in [0, 0.1) is 5.82 Å². The minimum Gasteiger partial charge on any atom is -0.478 e. The van der Waals surface area contributed by atoms with Crippen molar-refractivity contribution in [2.24, 2.45) is 0 Å². The predicted molar refractivity (Wildman–Crippen MR) is 106 cm³/mol. The molecule has 0 aliphatic heterocycles. The zero-order valence-corrected chi connectivity index (χ0v) is 16.2. The number of benzene rings is 2. The molecule has 0 fully saturated rings. The van der Waals surface area contributed by atoms with E-state index >= 15 is 0 Å². The number of amides is 1. The number of hydrogen-bond donors (Lipinski definition) is 1. The Morgan fingerprint density at radius 2 is 1.97 bits per heavy atom. The molecule has 29 heavy (non-hydrogen) atoms. The van der Waals surface area contributed by atoms with E-state index in [0.29, 0.717) is 12.1 Å². The molecule has 0 spiro atoms. The van der Waals surface area contributed by atoms with Crippen molar-refractivity contribution >= 4 is 11.7 Å². The number of nitrogens with one attached hydrogen (secondary N) is 1. The lowest BCUT2D eigenvalue weighted by Gasteiger charge is -2.17. The first-order chi connectivity index (χ1) is 14.2. The van der Waals surface area contributed by atoms with Crippen molar-refractivity contribution in [2.45, 2.75) is 45.1 Å². The molecule has 1 aromatic heterocycles. The fourth-order valence-electron chi connectivity index (χ4n) is 3.55. The third-order valence-electron chi connectivity index (χ3n) is 5.12. The molecule has 0 saturated carbocycles. The maximum atomic E-state index is 13.9. The second kappa shape index (κ2) is 8.43. The topological polar surface area (TPSA) is 77.2 Å². The van der Waals surface area contributed by atoms with Gasteiger partial charge >= 0.3 is 0 Å². The highest BCUT2D eigenvalue weighted by molar-refractivity contribution is 5.96. The van der Waals surface area contributed by atoms with E-state index in [0.717, 1.165) is 18.4 Å². The van der Waals surface area contributed by atoms with Crippen molar-refractivity contribution in [3.8, 4) is 17.0 Å². The number of aryl methyl sites for hydroxylation is 2. The van der Waals surface area contributed by atoms with E-state index in [9.17, 15) is 9.18 Å². The lowest BCUT2D eigenvalue weighted by molar-refractivity contribution is -0.122. The van der Waals surface area contributed by atoms with Crippen molar-refractivity contribution in [2.75, 3.05) is 5.32 Å². The molecule has 3 aromatic rings. The molecule has 1 N–H and O–H groups in total. The number of ether oxygens (including phenoxy) is 1. The summed E-state index contributed by atoms with van der Waals surface area (Å²) in [6, 6.07) is 12.1. The van der Waals surface area contributed by atoms with Gasteiger partial charge in [-0.2, -0.15) is 0 Å². The number of anilines is 1. The Labute approximate surface area is 168 Å². The molecule has 0 unspecified atom stereocenters. The Balaban J connectivity index is 1.52. The van der Waals surface area contributed by atoms with Gasteiger partial charge in [-0.1, -0.05) is 31.2 Å². The van der Waals surface area contributed by atoms with Gasteiger partial charge in [-0.15, -0.1) is 0 Å². The second-order valence-corrected chi connectivity index (χ2v) is 7.09. The average Bonchev–Trinajstić information content (AvgIpc) is 3.20. The van der Waals surface area contributed by atoms with Gasteiger partial charge in [0.25, 0.3) is 5.91 Å². The molecular weight excluding hydrogens is 373 g/mol. The maximum absolute atomic E-state index is 13.9. The number of nitrogens with zero attached hydrogens (tertiary/aromatic N) is 2. The van der Waals surface area contributed by atoms with Crippen LogP contribution >= 0.6 is 0 Å². The zero-order chi connectivity index (χ0) is 20.2. The van der Waals surface area contributed by atoms with Crippen LogP contribution in [0.25, 0.3) is 11.3 Å². The highest BCUT2D eigenvalue weighted by Crippen LogP contribution is 2.30. The highest BCUT2D eigenvalue weighted by Gasteiger charge is 2.24. The van der Waals surface area contributed by atoms with Crippen LogP contribution in [0.2, 0.25) is 0 Å². The molecule has 1 aliphatic carbocycles. The first-order valence-electron chi connectivity index (χ1n) is 9.82. The molecular formula is C22H22FN3O3. The van der Waals surface area contributed by atoms with Gasteiger partial charge in [-0.05, 0) is 71.7 Å². The van der Waals surface area contributed by atoms with E-state index in [2.05, 4.69) is 27.8 Å². The van der Waals surface area contributed by atoms with Gasteiger partial charge in [-0.3, -0.25) is 4.79 Å². The number of aromatic nitrogens is 2. The van der Waals surface area contributed by atoms with Crippen LogP contribution in [-0.4, -0.2) is 22.3 Å².